The van der Waals surface area contributed by atoms with Gasteiger partial charge in [-0.15, -0.1) is 0 Å². The van der Waals surface area contributed by atoms with E-state index in [4.69, 9.17) is 42.6 Å². The molecular weight excluding hydrogens is 1710 g/mol. The fourth-order valence-corrected chi connectivity index (χ4v) is 36.3. The minimum Gasteiger partial charge on any atom is -0.493 e. The molecule has 6 unspecified atom stereocenters. The van der Waals surface area contributed by atoms with Crippen LogP contribution in [0.1, 0.15) is 237 Å². The van der Waals surface area contributed by atoms with Gasteiger partial charge in [-0.05, 0) is 393 Å². The normalized spacial score (nSPS) is 22.4. The predicted molar refractivity (Wildman–Crippen MR) is 539 cm³/mol. The van der Waals surface area contributed by atoms with Crippen molar-refractivity contribution in [3.8, 4) is 28.7 Å². The Hall–Kier alpha value is -13.3. The third-order valence-corrected chi connectivity index (χ3v) is 39.3. The third-order valence-electron chi connectivity index (χ3n) is 39.3. The van der Waals surface area contributed by atoms with Crippen LogP contribution < -0.4 is 28.9 Å². The van der Waals surface area contributed by atoms with Gasteiger partial charge in [-0.25, -0.2) is 4.79 Å². The average molecular weight is 1790 g/mol. The largest absolute Gasteiger partial charge is 0.493 e. The van der Waals surface area contributed by atoms with Crippen molar-refractivity contribution in [1.82, 2.24) is 0 Å². The molecule has 4 bridgehead atoms. The molecule has 28 aromatic rings. The van der Waals surface area contributed by atoms with Crippen LogP contribution in [0.5, 0.6) is 28.7 Å². The highest BCUT2D eigenvalue weighted by Gasteiger charge is 3.12. The molecule has 1 N–H and O–H groups in total. The van der Waals surface area contributed by atoms with Crippen molar-refractivity contribution in [2.45, 2.75) is 230 Å². The molecule has 1 aliphatic heterocycles. The van der Waals surface area contributed by atoms with E-state index in [1.807, 2.05) is 42.5 Å². The Bertz CT molecular complexity index is 9670. The summed E-state index contributed by atoms with van der Waals surface area (Å²) < 4.78 is 64.1. The SMILES string of the molecule is CCCCCCCCOc1cc(COC(=O)C23C(=O)OCc4cc(cc(OCC(=O)O)c4)COC(=O)C4(C(=O)OCc5cc(OCCCCCCCC)cc(OCCCCCCCC)c5)C56C7=c8c9c%10c%11c%12c%13c%14c%15c(c5c5c%16c%17c%18c%19c(c8c8c9c9c%11c%11c%20c%12c%12c%14c%14c%15c5c5c%16c%15c%18c%16c%18c%19c8c8c9c%11c9c(c%188)c8c%16c%15c%11c5c%14c5c%12c%20c9c8c5%11)C%1746)C72C%10%133)cc(OCCCCCCCC)c1. The predicted octanol–water partition coefficient (Wildman–Crippen LogP) is 27.7. The molecule has 38 rings (SSSR count). The first-order valence-electron chi connectivity index (χ1n) is 52.0. The number of benzene rings is 19. The standard InChI is InChI=1S/C122H88O15/c1-5-9-13-17-21-25-29-129-52-36-49(37-53(40-52)130-30-26-22-18-14-10-6-2)44-136-115(127)121-113(125)134-42-47-33-48(35-51(34-47)133-46-56(123)124)43-135-114(126)122(116(128)137-45-50-38-54(131-31-27-23-19-15-11-7-3)41-55(39-50)132-32-28-24-20-16-12-8-4)118-107-96-86-76-66-60-57-58-63-69-65-59(57)61-62(60)68-74-73-67(61)77-75(65)85-79(69)89-81-71(63)72-64(58)70(66)80(86)90-82(72)92-91(81)101-99(89)106-95(85)97-87(77)83(73)93-94-84(74)88(78(68)76)98(96)109(118)104(94)105-103(93)108(97)117(106,121)119(121)110(101)111(102(92)100(90)107)120(118,122)112(105)119/h33-41H,5-32,42-46H2,1-4H3,(H,123,124). The summed E-state index contributed by atoms with van der Waals surface area (Å²) in [6.07, 6.45) is 26.2. The van der Waals surface area contributed by atoms with Crippen LogP contribution in [0.25, 0.3) is 264 Å². The number of hydrogen-bond donors (Lipinski definition) is 1. The summed E-state index contributed by atoms with van der Waals surface area (Å²) in [5.41, 5.74) is -3.45. The Labute approximate surface area is 778 Å². The molecule has 137 heavy (non-hydrogen) atoms. The lowest BCUT2D eigenvalue weighted by molar-refractivity contribution is -0.169. The van der Waals surface area contributed by atoms with Crippen molar-refractivity contribution in [2.75, 3.05) is 33.0 Å². The highest BCUT2D eigenvalue weighted by Crippen LogP contribution is 3.05. The first-order chi connectivity index (χ1) is 67.5. The second-order valence-electron chi connectivity index (χ2n) is 44.6. The molecule has 4 spiro atoms. The summed E-state index contributed by atoms with van der Waals surface area (Å²) in [5.74, 6) is -1.68. The van der Waals surface area contributed by atoms with Crippen LogP contribution in [0, 0.1) is 10.8 Å². The molecule has 0 saturated heterocycles. The van der Waals surface area contributed by atoms with Gasteiger partial charge >= 0.3 is 29.8 Å². The topological polar surface area (TPSA) is 189 Å². The number of carbonyl (C=O) groups is 5. The molecule has 0 amide bonds. The van der Waals surface area contributed by atoms with Crippen molar-refractivity contribution in [2.24, 2.45) is 10.8 Å². The van der Waals surface area contributed by atoms with E-state index in [-0.39, 0.29) is 19.0 Å². The first kappa shape index (κ1) is 73.0. The van der Waals surface area contributed by atoms with Gasteiger partial charge < -0.3 is 47.7 Å². The molecule has 6 atom stereocenters. The number of cyclic esters (lactones) is 2. The van der Waals surface area contributed by atoms with Crippen molar-refractivity contribution in [1.29, 1.82) is 0 Å². The molecule has 15 nitrogen and oxygen atoms in total. The van der Waals surface area contributed by atoms with Gasteiger partial charge in [0.05, 0.1) is 48.1 Å². The molecular formula is C122H88O15. The number of unbranched alkanes of at least 4 members (excludes halogenated alkanes) is 20. The van der Waals surface area contributed by atoms with Gasteiger partial charge in [0.25, 0.3) is 0 Å². The second-order valence-corrected chi connectivity index (χ2v) is 44.6. The maximum Gasteiger partial charge on any atom is 0.341 e. The number of esters is 4. The van der Waals surface area contributed by atoms with E-state index in [0.29, 0.717) is 71.7 Å². The van der Waals surface area contributed by atoms with E-state index in [0.717, 1.165) is 222 Å². The van der Waals surface area contributed by atoms with E-state index in [1.54, 1.807) is 12.1 Å². The highest BCUT2D eigenvalue weighted by molar-refractivity contribution is 6.80. The fraction of sp³-hybridized carbons (Fsp3) is 0.352. The number of ether oxygens (including phenoxy) is 9. The van der Waals surface area contributed by atoms with E-state index >= 15 is 19.2 Å². The summed E-state index contributed by atoms with van der Waals surface area (Å²) in [5, 5.41) is 71.0. The molecule has 0 aromatic heterocycles. The minimum atomic E-state index is -2.40. The van der Waals surface area contributed by atoms with Crippen LogP contribution in [-0.4, -0.2) is 68.0 Å². The number of hydrogen-bond acceptors (Lipinski definition) is 14. The summed E-state index contributed by atoms with van der Waals surface area (Å²) in [4.78, 5) is 90.1. The van der Waals surface area contributed by atoms with Crippen molar-refractivity contribution in [3.63, 3.8) is 0 Å². The summed E-state index contributed by atoms with van der Waals surface area (Å²) in [6, 6.07) is 17.1. The molecule has 666 valence electrons. The molecule has 2 saturated carbocycles. The maximum atomic E-state index is 19.4. The monoisotopic (exact) mass is 1790 g/mol. The van der Waals surface area contributed by atoms with Crippen molar-refractivity contribution in [3.05, 3.63) is 115 Å². The number of carboxylic acid groups (broad SMARTS) is 1. The zero-order valence-electron chi connectivity index (χ0n) is 76.7. The Morgan fingerprint density at radius 2 is 0.504 bits per heavy atom. The zero-order chi connectivity index (χ0) is 89.5. The Morgan fingerprint density at radius 3 is 0.774 bits per heavy atom. The zero-order valence-corrected chi connectivity index (χ0v) is 76.7. The van der Waals surface area contributed by atoms with Gasteiger partial charge in [0.1, 0.15) is 55.2 Å². The van der Waals surface area contributed by atoms with Crippen LogP contribution >= 0.6 is 0 Å². The van der Waals surface area contributed by atoms with Gasteiger partial charge in [0.15, 0.2) is 17.4 Å². The Morgan fingerprint density at radius 1 is 0.270 bits per heavy atom. The molecule has 9 aliphatic carbocycles. The van der Waals surface area contributed by atoms with Gasteiger partial charge in [-0.2, -0.15) is 0 Å². The number of carbonyl (C=O) groups excluding carboxylic acids is 4. The number of fused-ring (bicyclic) bond motifs is 2. The number of rotatable bonds is 41. The fourth-order valence-electron chi connectivity index (χ4n) is 36.3. The van der Waals surface area contributed by atoms with Crippen molar-refractivity contribution >= 4 is 294 Å². The van der Waals surface area contributed by atoms with E-state index in [1.165, 1.54) is 234 Å². The van der Waals surface area contributed by atoms with Crippen LogP contribution in [0.15, 0.2) is 54.6 Å². The van der Waals surface area contributed by atoms with Crippen LogP contribution in [0.4, 0.5) is 0 Å². The minimum absolute atomic E-state index is 0.141. The average Bonchev–Trinajstić information content (AvgIpc) is 1.33. The quantitative estimate of drug-likeness (QED) is 0.0125. The van der Waals surface area contributed by atoms with E-state index < -0.39 is 82.2 Å². The van der Waals surface area contributed by atoms with Crippen LogP contribution in [-0.2, 0) is 91.0 Å². The number of aliphatic carboxylic acids is 1. The lowest BCUT2D eigenvalue weighted by atomic mass is 9.65. The molecule has 15 heteroatoms. The van der Waals surface area contributed by atoms with Gasteiger partial charge in [-0.3, -0.25) is 19.2 Å². The Balaban J connectivity index is 0.664. The third kappa shape index (κ3) is 6.47. The molecule has 10 aliphatic rings. The molecule has 2 fully saturated rings. The first-order valence-corrected chi connectivity index (χ1v) is 52.0. The van der Waals surface area contributed by atoms with Gasteiger partial charge in [0, 0.05) is 12.1 Å². The summed E-state index contributed by atoms with van der Waals surface area (Å²) >= 11 is 0. The van der Waals surface area contributed by atoms with E-state index in [2.05, 4.69) is 27.7 Å². The van der Waals surface area contributed by atoms with Gasteiger partial charge in [0.2, 0.25) is 0 Å². The Kier molecular flexibility index (Phi) is 12.0. The van der Waals surface area contributed by atoms with E-state index in [9.17, 15) is 9.90 Å². The number of carboxylic acids is 1. The molecule has 1 heterocycles. The maximum absolute atomic E-state index is 19.4. The summed E-state index contributed by atoms with van der Waals surface area (Å²) in [6.45, 7) is 8.85. The van der Waals surface area contributed by atoms with Crippen LogP contribution in [0.2, 0.25) is 0 Å². The highest BCUT2D eigenvalue weighted by atomic mass is 16.6. The van der Waals surface area contributed by atoms with Gasteiger partial charge in [-0.1, -0.05) is 156 Å². The van der Waals surface area contributed by atoms with Crippen LogP contribution in [0.3, 0.4) is 0 Å². The second kappa shape index (κ2) is 22.6. The summed E-state index contributed by atoms with van der Waals surface area (Å²) in [7, 11) is 0. The van der Waals surface area contributed by atoms with Crippen molar-refractivity contribution < 1.29 is 71.7 Å². The molecule has 0 radical (unpaired) electrons. The smallest absolute Gasteiger partial charge is 0.341 e. The lowest BCUT2D eigenvalue weighted by Crippen LogP contribution is -2.41. The lowest BCUT2D eigenvalue weighted by Gasteiger charge is -2.35. The molecule has 28 aromatic carbocycles.